The summed E-state index contributed by atoms with van der Waals surface area (Å²) in [6, 6.07) is 9.77. The summed E-state index contributed by atoms with van der Waals surface area (Å²) in [4.78, 5) is 13.3. The van der Waals surface area contributed by atoms with Crippen LogP contribution in [0.1, 0.15) is 24.6 Å². The Morgan fingerprint density at radius 2 is 2.00 bits per heavy atom. The molecule has 5 heteroatoms. The molecule has 1 saturated carbocycles. The van der Waals surface area contributed by atoms with Gasteiger partial charge in [-0.15, -0.1) is 0 Å². The molecule has 4 rings (SSSR count). The maximum Gasteiger partial charge on any atom is 0.144 e. The van der Waals surface area contributed by atoms with E-state index in [1.807, 2.05) is 28.8 Å². The van der Waals surface area contributed by atoms with E-state index in [9.17, 15) is 0 Å². The van der Waals surface area contributed by atoms with Crippen molar-refractivity contribution in [2.24, 2.45) is 0 Å². The highest BCUT2D eigenvalue weighted by Crippen LogP contribution is 2.38. The molecule has 94 valence electrons. The molecule has 0 unspecified atom stereocenters. The number of imidazole rings is 1. The zero-order valence-electron chi connectivity index (χ0n) is 10.3. The smallest absolute Gasteiger partial charge is 0.144 e. The van der Waals surface area contributed by atoms with Gasteiger partial charge in [-0.25, -0.2) is 15.0 Å². The summed E-state index contributed by atoms with van der Waals surface area (Å²) in [6.45, 7) is 0. The van der Waals surface area contributed by atoms with Crippen LogP contribution in [0.4, 0.5) is 5.82 Å². The van der Waals surface area contributed by atoms with Crippen molar-refractivity contribution in [3.05, 3.63) is 42.5 Å². The van der Waals surface area contributed by atoms with Crippen LogP contribution in [0.5, 0.6) is 0 Å². The topological polar surface area (TPSA) is 69.6 Å². The molecule has 5 nitrogen and oxygen atoms in total. The quantitative estimate of drug-likeness (QED) is 0.758. The van der Waals surface area contributed by atoms with Crippen LogP contribution < -0.4 is 5.73 Å². The fourth-order valence-electron chi connectivity index (χ4n) is 2.26. The van der Waals surface area contributed by atoms with Crippen molar-refractivity contribution in [1.82, 2.24) is 19.5 Å². The van der Waals surface area contributed by atoms with Crippen molar-refractivity contribution in [2.75, 3.05) is 5.73 Å². The summed E-state index contributed by atoms with van der Waals surface area (Å²) < 4.78 is 1.96. The number of nitrogen functional groups attached to an aromatic ring is 1. The Morgan fingerprint density at radius 1 is 1.16 bits per heavy atom. The van der Waals surface area contributed by atoms with E-state index in [-0.39, 0.29) is 0 Å². The molecule has 0 saturated heterocycles. The maximum absolute atomic E-state index is 5.89. The highest BCUT2D eigenvalue weighted by molar-refractivity contribution is 5.76. The SMILES string of the molecule is Nc1cc(-n2cnc3ccccc32)nc(C2CC2)n1. The number of rotatable bonds is 2. The third-order valence-electron chi connectivity index (χ3n) is 3.39. The van der Waals surface area contributed by atoms with Crippen LogP contribution >= 0.6 is 0 Å². The Morgan fingerprint density at radius 3 is 2.84 bits per heavy atom. The van der Waals surface area contributed by atoms with E-state index in [1.165, 1.54) is 0 Å². The summed E-state index contributed by atoms with van der Waals surface area (Å²) in [5, 5.41) is 0. The van der Waals surface area contributed by atoms with Crippen molar-refractivity contribution < 1.29 is 0 Å². The molecule has 2 aromatic heterocycles. The molecule has 0 aliphatic heterocycles. The first-order chi connectivity index (χ1) is 9.31. The van der Waals surface area contributed by atoms with Gasteiger partial charge in [0.2, 0.25) is 0 Å². The van der Waals surface area contributed by atoms with E-state index < -0.39 is 0 Å². The Balaban J connectivity index is 1.91. The molecule has 0 spiro atoms. The van der Waals surface area contributed by atoms with Crippen LogP contribution in [0.3, 0.4) is 0 Å². The van der Waals surface area contributed by atoms with E-state index in [1.54, 1.807) is 12.4 Å². The van der Waals surface area contributed by atoms with Crippen molar-refractivity contribution in [3.8, 4) is 5.82 Å². The van der Waals surface area contributed by atoms with Crippen molar-refractivity contribution in [2.45, 2.75) is 18.8 Å². The van der Waals surface area contributed by atoms with Crippen LogP contribution in [0.25, 0.3) is 16.9 Å². The molecule has 0 bridgehead atoms. The predicted octanol–water partition coefficient (Wildman–Crippen LogP) is 2.28. The summed E-state index contributed by atoms with van der Waals surface area (Å²) in [6.07, 6.45) is 4.10. The number of aromatic nitrogens is 4. The monoisotopic (exact) mass is 251 g/mol. The summed E-state index contributed by atoms with van der Waals surface area (Å²) in [7, 11) is 0. The summed E-state index contributed by atoms with van der Waals surface area (Å²) in [5.41, 5.74) is 7.87. The first kappa shape index (κ1) is 10.5. The second-order valence-electron chi connectivity index (χ2n) is 4.89. The van der Waals surface area contributed by atoms with Crippen LogP contribution in [-0.2, 0) is 0 Å². The molecule has 1 fully saturated rings. The van der Waals surface area contributed by atoms with Gasteiger partial charge in [-0.05, 0) is 25.0 Å². The lowest BCUT2D eigenvalue weighted by atomic mass is 10.3. The van der Waals surface area contributed by atoms with Gasteiger partial charge < -0.3 is 5.73 Å². The number of fused-ring (bicyclic) bond motifs is 1. The lowest BCUT2D eigenvalue weighted by Crippen LogP contribution is -2.04. The molecule has 3 aromatic rings. The van der Waals surface area contributed by atoms with Gasteiger partial charge >= 0.3 is 0 Å². The molecule has 19 heavy (non-hydrogen) atoms. The second-order valence-corrected chi connectivity index (χ2v) is 4.89. The van der Waals surface area contributed by atoms with Gasteiger partial charge in [0.1, 0.15) is 23.8 Å². The predicted molar refractivity (Wildman–Crippen MR) is 73.0 cm³/mol. The van der Waals surface area contributed by atoms with Gasteiger partial charge in [-0.1, -0.05) is 12.1 Å². The van der Waals surface area contributed by atoms with Gasteiger partial charge in [-0.3, -0.25) is 4.57 Å². The van der Waals surface area contributed by atoms with Crippen LogP contribution in [0.2, 0.25) is 0 Å². The molecule has 0 atom stereocenters. The standard InChI is InChI=1S/C14H13N5/c15-12-7-13(18-14(17-12)9-5-6-9)19-8-16-10-3-1-2-4-11(10)19/h1-4,7-9H,5-6H2,(H2,15,17,18). The normalized spacial score (nSPS) is 14.9. The van der Waals surface area contributed by atoms with Crippen LogP contribution in [-0.4, -0.2) is 19.5 Å². The molecule has 2 N–H and O–H groups in total. The highest BCUT2D eigenvalue weighted by atomic mass is 15.1. The van der Waals surface area contributed by atoms with E-state index in [0.717, 1.165) is 35.5 Å². The Kier molecular flexibility index (Phi) is 2.09. The van der Waals surface area contributed by atoms with Crippen molar-refractivity contribution in [3.63, 3.8) is 0 Å². The highest BCUT2D eigenvalue weighted by Gasteiger charge is 2.27. The minimum atomic E-state index is 0.483. The van der Waals surface area contributed by atoms with Gasteiger partial charge in [0, 0.05) is 12.0 Å². The minimum Gasteiger partial charge on any atom is -0.384 e. The van der Waals surface area contributed by atoms with Gasteiger partial charge in [-0.2, -0.15) is 0 Å². The minimum absolute atomic E-state index is 0.483. The number of hydrogen-bond donors (Lipinski definition) is 1. The average Bonchev–Trinajstić information content (AvgIpc) is 3.18. The Hall–Kier alpha value is -2.43. The number of benzene rings is 1. The zero-order chi connectivity index (χ0) is 12.8. The van der Waals surface area contributed by atoms with Crippen molar-refractivity contribution >= 4 is 16.9 Å². The van der Waals surface area contributed by atoms with Gasteiger partial charge in [0.25, 0.3) is 0 Å². The summed E-state index contributed by atoms with van der Waals surface area (Å²) >= 11 is 0. The lowest BCUT2D eigenvalue weighted by Gasteiger charge is -2.06. The van der Waals surface area contributed by atoms with E-state index in [2.05, 4.69) is 15.0 Å². The van der Waals surface area contributed by atoms with E-state index in [4.69, 9.17) is 5.73 Å². The van der Waals surface area contributed by atoms with E-state index >= 15 is 0 Å². The molecular weight excluding hydrogens is 238 g/mol. The summed E-state index contributed by atoms with van der Waals surface area (Å²) in [5.74, 6) is 2.65. The molecule has 1 aliphatic carbocycles. The zero-order valence-corrected chi connectivity index (χ0v) is 10.3. The van der Waals surface area contributed by atoms with Gasteiger partial charge in [0.05, 0.1) is 11.0 Å². The van der Waals surface area contributed by atoms with Crippen LogP contribution in [0.15, 0.2) is 36.7 Å². The first-order valence-corrected chi connectivity index (χ1v) is 6.38. The third-order valence-corrected chi connectivity index (χ3v) is 3.39. The Bertz CT molecular complexity index is 757. The number of para-hydroxylation sites is 2. The molecular formula is C14H13N5. The Labute approximate surface area is 110 Å². The number of nitrogens with zero attached hydrogens (tertiary/aromatic N) is 4. The lowest BCUT2D eigenvalue weighted by molar-refractivity contribution is 0.892. The second kappa shape index (κ2) is 3.78. The van der Waals surface area contributed by atoms with Gasteiger partial charge in [0.15, 0.2) is 0 Å². The number of hydrogen-bond acceptors (Lipinski definition) is 4. The fourth-order valence-corrected chi connectivity index (χ4v) is 2.26. The maximum atomic E-state index is 5.89. The molecule has 0 radical (unpaired) electrons. The molecule has 1 aliphatic rings. The average molecular weight is 251 g/mol. The number of anilines is 1. The number of nitrogens with two attached hydrogens (primary N) is 1. The molecule has 1 aromatic carbocycles. The first-order valence-electron chi connectivity index (χ1n) is 6.38. The largest absolute Gasteiger partial charge is 0.384 e. The van der Waals surface area contributed by atoms with Crippen LogP contribution in [0, 0.1) is 0 Å². The molecule has 0 amide bonds. The molecule has 2 heterocycles. The fraction of sp³-hybridized carbons (Fsp3) is 0.214. The third kappa shape index (κ3) is 1.74. The van der Waals surface area contributed by atoms with Crippen molar-refractivity contribution in [1.29, 1.82) is 0 Å². The van der Waals surface area contributed by atoms with E-state index in [0.29, 0.717) is 11.7 Å².